The predicted octanol–water partition coefficient (Wildman–Crippen LogP) is 9.92. The van der Waals surface area contributed by atoms with Gasteiger partial charge in [0.05, 0.1) is 11.0 Å². The normalized spacial score (nSPS) is 11.5. The van der Waals surface area contributed by atoms with E-state index in [-0.39, 0.29) is 0 Å². The number of fused-ring (bicyclic) bond motifs is 4. The molecule has 0 amide bonds. The van der Waals surface area contributed by atoms with E-state index in [0.29, 0.717) is 0 Å². The first-order valence-corrected chi connectivity index (χ1v) is 12.5. The van der Waals surface area contributed by atoms with Crippen molar-refractivity contribution in [2.45, 2.75) is 0 Å². The molecule has 1 heterocycles. The summed E-state index contributed by atoms with van der Waals surface area (Å²) in [6, 6.07) is 47.4. The van der Waals surface area contributed by atoms with Crippen molar-refractivity contribution in [1.82, 2.24) is 4.57 Å². The molecular formula is C34H22ClN. The molecular weight excluding hydrogens is 458 g/mol. The Bertz CT molecular complexity index is 1880. The Labute approximate surface area is 214 Å². The molecule has 0 spiro atoms. The van der Waals surface area contributed by atoms with E-state index in [1.165, 1.54) is 49.3 Å². The van der Waals surface area contributed by atoms with Gasteiger partial charge in [-0.25, -0.2) is 0 Å². The van der Waals surface area contributed by atoms with E-state index in [0.717, 1.165) is 16.3 Å². The molecule has 2 heteroatoms. The van der Waals surface area contributed by atoms with Crippen molar-refractivity contribution >= 4 is 44.2 Å². The largest absolute Gasteiger partial charge is 0.309 e. The van der Waals surface area contributed by atoms with Gasteiger partial charge in [0.15, 0.2) is 0 Å². The monoisotopic (exact) mass is 479 g/mol. The maximum absolute atomic E-state index is 6.24. The summed E-state index contributed by atoms with van der Waals surface area (Å²) >= 11 is 6.24. The minimum Gasteiger partial charge on any atom is -0.309 e. The van der Waals surface area contributed by atoms with Gasteiger partial charge < -0.3 is 4.57 Å². The van der Waals surface area contributed by atoms with Gasteiger partial charge in [-0.15, -0.1) is 0 Å². The summed E-state index contributed by atoms with van der Waals surface area (Å²) in [5.74, 6) is 0. The Morgan fingerprint density at radius 3 is 1.92 bits per heavy atom. The minimum atomic E-state index is 0.741. The highest BCUT2D eigenvalue weighted by atomic mass is 35.5. The molecule has 0 fully saturated rings. The quantitative estimate of drug-likeness (QED) is 0.237. The highest BCUT2D eigenvalue weighted by molar-refractivity contribution is 6.30. The molecule has 0 aliphatic carbocycles. The van der Waals surface area contributed by atoms with Crippen LogP contribution in [0.1, 0.15) is 0 Å². The molecule has 7 aromatic rings. The van der Waals surface area contributed by atoms with Gasteiger partial charge >= 0.3 is 0 Å². The van der Waals surface area contributed by atoms with Crippen molar-refractivity contribution in [3.8, 4) is 27.9 Å². The van der Waals surface area contributed by atoms with E-state index in [2.05, 4.69) is 126 Å². The summed E-state index contributed by atoms with van der Waals surface area (Å²) in [5.41, 5.74) is 8.28. The highest BCUT2D eigenvalue weighted by Gasteiger charge is 2.15. The predicted molar refractivity (Wildman–Crippen MR) is 154 cm³/mol. The fraction of sp³-hybridized carbons (Fsp3) is 0. The molecule has 1 nitrogen and oxygen atoms in total. The van der Waals surface area contributed by atoms with Crippen molar-refractivity contribution in [3.05, 3.63) is 138 Å². The van der Waals surface area contributed by atoms with E-state index >= 15 is 0 Å². The lowest BCUT2D eigenvalue weighted by atomic mass is 9.94. The van der Waals surface area contributed by atoms with Crippen LogP contribution in [0.3, 0.4) is 0 Å². The number of hydrogen-bond donors (Lipinski definition) is 0. The van der Waals surface area contributed by atoms with Gasteiger partial charge in [-0.05, 0) is 75.5 Å². The smallest absolute Gasteiger partial charge is 0.0547 e. The molecule has 6 aromatic carbocycles. The second-order valence-corrected chi connectivity index (χ2v) is 9.61. The van der Waals surface area contributed by atoms with Crippen LogP contribution in [-0.4, -0.2) is 4.57 Å². The lowest BCUT2D eigenvalue weighted by molar-refractivity contribution is 1.18. The summed E-state index contributed by atoms with van der Waals surface area (Å²) < 4.78 is 2.39. The van der Waals surface area contributed by atoms with Crippen LogP contribution in [0.25, 0.3) is 60.5 Å². The van der Waals surface area contributed by atoms with Gasteiger partial charge in [-0.1, -0.05) is 103 Å². The number of rotatable bonds is 3. The third kappa shape index (κ3) is 3.40. The van der Waals surface area contributed by atoms with Crippen molar-refractivity contribution in [1.29, 1.82) is 0 Å². The average molecular weight is 480 g/mol. The molecule has 7 rings (SSSR count). The topological polar surface area (TPSA) is 4.93 Å². The van der Waals surface area contributed by atoms with Crippen molar-refractivity contribution < 1.29 is 0 Å². The third-order valence-electron chi connectivity index (χ3n) is 7.04. The first-order chi connectivity index (χ1) is 17.8. The molecule has 0 aliphatic heterocycles. The zero-order valence-corrected chi connectivity index (χ0v) is 20.3. The van der Waals surface area contributed by atoms with Crippen LogP contribution in [0.15, 0.2) is 133 Å². The summed E-state index contributed by atoms with van der Waals surface area (Å²) in [7, 11) is 0. The van der Waals surface area contributed by atoms with Gasteiger partial charge in [-0.3, -0.25) is 0 Å². The standard InChI is InChI=1S/C34H22ClN/c35-27-16-14-24(15-17-27)31-22-28(18-19-29(31)23-8-2-1-3-9-23)36-33-13-7-6-12-30(33)32-20-25-10-4-5-11-26(25)21-34(32)36/h1-22H. The number of hydrogen-bond acceptors (Lipinski definition) is 0. The fourth-order valence-electron chi connectivity index (χ4n) is 5.34. The van der Waals surface area contributed by atoms with Crippen LogP contribution >= 0.6 is 11.6 Å². The molecule has 0 radical (unpaired) electrons. The van der Waals surface area contributed by atoms with E-state index < -0.39 is 0 Å². The molecule has 0 bridgehead atoms. The van der Waals surface area contributed by atoms with Crippen LogP contribution < -0.4 is 0 Å². The van der Waals surface area contributed by atoms with Crippen molar-refractivity contribution in [2.24, 2.45) is 0 Å². The number of aromatic nitrogens is 1. The lowest BCUT2D eigenvalue weighted by Crippen LogP contribution is -1.96. The zero-order chi connectivity index (χ0) is 24.1. The molecule has 0 atom stereocenters. The Balaban J connectivity index is 1.55. The first-order valence-electron chi connectivity index (χ1n) is 12.1. The second kappa shape index (κ2) is 8.41. The molecule has 0 saturated carbocycles. The van der Waals surface area contributed by atoms with Gasteiger partial charge in [0, 0.05) is 21.5 Å². The molecule has 0 N–H and O–H groups in total. The summed E-state index contributed by atoms with van der Waals surface area (Å²) in [6.07, 6.45) is 0. The Hall–Kier alpha value is -4.33. The molecule has 0 aliphatic rings. The Morgan fingerprint density at radius 1 is 0.444 bits per heavy atom. The molecule has 1 aromatic heterocycles. The molecule has 0 saturated heterocycles. The number of halogens is 1. The number of nitrogens with zero attached hydrogens (tertiary/aromatic N) is 1. The Morgan fingerprint density at radius 2 is 1.11 bits per heavy atom. The van der Waals surface area contributed by atoms with E-state index in [1.807, 2.05) is 12.1 Å². The van der Waals surface area contributed by atoms with Crippen LogP contribution in [0.5, 0.6) is 0 Å². The van der Waals surface area contributed by atoms with Crippen molar-refractivity contribution in [3.63, 3.8) is 0 Å². The lowest BCUT2D eigenvalue weighted by Gasteiger charge is -2.15. The SMILES string of the molecule is Clc1ccc(-c2cc(-n3c4ccccc4c4cc5ccccc5cc43)ccc2-c2ccccc2)cc1. The van der Waals surface area contributed by atoms with Gasteiger partial charge in [0.2, 0.25) is 0 Å². The van der Waals surface area contributed by atoms with Crippen LogP contribution in [0.2, 0.25) is 5.02 Å². The van der Waals surface area contributed by atoms with Gasteiger partial charge in [0.25, 0.3) is 0 Å². The summed E-state index contributed by atoms with van der Waals surface area (Å²) in [4.78, 5) is 0. The summed E-state index contributed by atoms with van der Waals surface area (Å²) in [6.45, 7) is 0. The second-order valence-electron chi connectivity index (χ2n) is 9.17. The number of benzene rings is 6. The van der Waals surface area contributed by atoms with E-state index in [9.17, 15) is 0 Å². The molecule has 36 heavy (non-hydrogen) atoms. The van der Waals surface area contributed by atoms with Gasteiger partial charge in [0.1, 0.15) is 0 Å². The minimum absolute atomic E-state index is 0.741. The zero-order valence-electron chi connectivity index (χ0n) is 19.5. The number of para-hydroxylation sites is 1. The third-order valence-corrected chi connectivity index (χ3v) is 7.29. The fourth-order valence-corrected chi connectivity index (χ4v) is 5.47. The van der Waals surface area contributed by atoms with Crippen molar-refractivity contribution in [2.75, 3.05) is 0 Å². The molecule has 170 valence electrons. The van der Waals surface area contributed by atoms with E-state index in [1.54, 1.807) is 0 Å². The summed E-state index contributed by atoms with van der Waals surface area (Å²) in [5, 5.41) is 5.77. The average Bonchev–Trinajstić information content (AvgIpc) is 3.25. The first kappa shape index (κ1) is 21.0. The maximum Gasteiger partial charge on any atom is 0.0547 e. The van der Waals surface area contributed by atoms with Crippen LogP contribution in [-0.2, 0) is 0 Å². The van der Waals surface area contributed by atoms with Gasteiger partial charge in [-0.2, -0.15) is 0 Å². The Kier molecular flexibility index (Phi) is 4.90. The van der Waals surface area contributed by atoms with Crippen LogP contribution in [0, 0.1) is 0 Å². The maximum atomic E-state index is 6.24. The van der Waals surface area contributed by atoms with E-state index in [4.69, 9.17) is 11.6 Å². The van der Waals surface area contributed by atoms with Crippen LogP contribution in [0.4, 0.5) is 0 Å². The highest BCUT2D eigenvalue weighted by Crippen LogP contribution is 2.38. The molecule has 0 unspecified atom stereocenters.